The summed E-state index contributed by atoms with van der Waals surface area (Å²) in [5.41, 5.74) is 0.333. The second-order valence-corrected chi connectivity index (χ2v) is 3.65. The lowest BCUT2D eigenvalue weighted by Crippen LogP contribution is -2.06. The first-order valence-corrected chi connectivity index (χ1v) is 4.82. The van der Waals surface area contributed by atoms with Crippen LogP contribution in [-0.4, -0.2) is 18.2 Å². The number of hydrogen-bond donors (Lipinski definition) is 0. The van der Waals surface area contributed by atoms with Gasteiger partial charge in [-0.05, 0) is 13.8 Å². The summed E-state index contributed by atoms with van der Waals surface area (Å²) in [4.78, 5) is 0. The molecular weight excluding hydrogens is 183 g/mol. The number of halogens is 1. The first-order valence-electron chi connectivity index (χ1n) is 3.44. The summed E-state index contributed by atoms with van der Waals surface area (Å²) in [5.74, 6) is 0. The summed E-state index contributed by atoms with van der Waals surface area (Å²) in [6, 6.07) is 0. The van der Waals surface area contributed by atoms with Gasteiger partial charge in [0, 0.05) is 12.1 Å². The third-order valence-corrected chi connectivity index (χ3v) is 2.49. The van der Waals surface area contributed by atoms with Gasteiger partial charge >= 0.3 is 10.2 Å². The molecule has 0 amide bonds. The maximum absolute atomic E-state index is 12.6. The zero-order valence-corrected chi connectivity index (χ0v) is 7.60. The molecule has 0 spiro atoms. The summed E-state index contributed by atoms with van der Waals surface area (Å²) in [6.07, 6.45) is 1.33. The van der Waals surface area contributed by atoms with E-state index in [1.54, 1.807) is 6.92 Å². The molecule has 0 bridgehead atoms. The summed E-state index contributed by atoms with van der Waals surface area (Å²) < 4.78 is 34.8. The maximum atomic E-state index is 12.6. The van der Waals surface area contributed by atoms with Crippen molar-refractivity contribution in [2.24, 2.45) is 0 Å². The molecule has 4 nitrogen and oxygen atoms in total. The monoisotopic (exact) mass is 192 g/mol. The van der Waals surface area contributed by atoms with Crippen molar-refractivity contribution in [3.05, 3.63) is 11.8 Å². The van der Waals surface area contributed by atoms with Crippen molar-refractivity contribution in [1.82, 2.24) is 9.78 Å². The maximum Gasteiger partial charge on any atom is 0.349 e. The van der Waals surface area contributed by atoms with E-state index in [-0.39, 0.29) is 5.03 Å². The average molecular weight is 192 g/mol. The Bertz CT molecular complexity index is 382. The van der Waals surface area contributed by atoms with E-state index in [2.05, 4.69) is 5.10 Å². The van der Waals surface area contributed by atoms with Gasteiger partial charge in [0.2, 0.25) is 0 Å². The van der Waals surface area contributed by atoms with Crippen LogP contribution in [0.15, 0.2) is 11.2 Å². The minimum Gasteiger partial charge on any atom is -0.252 e. The SMILES string of the molecule is CCn1ncc(C)c1S(=O)(=O)F. The van der Waals surface area contributed by atoms with Crippen molar-refractivity contribution >= 4 is 10.2 Å². The van der Waals surface area contributed by atoms with Gasteiger partial charge in [-0.3, -0.25) is 4.68 Å². The largest absolute Gasteiger partial charge is 0.349 e. The fourth-order valence-electron chi connectivity index (χ4n) is 1.01. The minimum atomic E-state index is -4.63. The third kappa shape index (κ3) is 1.47. The fraction of sp³-hybridized carbons (Fsp3) is 0.500. The number of hydrogen-bond acceptors (Lipinski definition) is 3. The molecule has 0 aromatic carbocycles. The summed E-state index contributed by atoms with van der Waals surface area (Å²) in [7, 11) is -4.63. The van der Waals surface area contributed by atoms with Gasteiger partial charge in [-0.25, -0.2) is 0 Å². The van der Waals surface area contributed by atoms with Crippen molar-refractivity contribution in [2.75, 3.05) is 0 Å². The predicted molar refractivity (Wildman–Crippen MR) is 40.9 cm³/mol. The van der Waals surface area contributed by atoms with Crippen LogP contribution in [0.25, 0.3) is 0 Å². The van der Waals surface area contributed by atoms with Crippen LogP contribution in [0.5, 0.6) is 0 Å². The Balaban J connectivity index is 3.39. The number of aromatic nitrogens is 2. The van der Waals surface area contributed by atoms with Gasteiger partial charge in [0.25, 0.3) is 0 Å². The molecule has 1 aromatic rings. The van der Waals surface area contributed by atoms with E-state index in [4.69, 9.17) is 0 Å². The molecular formula is C6H9FN2O2S. The molecule has 0 unspecified atom stereocenters. The van der Waals surface area contributed by atoms with Crippen LogP contribution < -0.4 is 0 Å². The van der Waals surface area contributed by atoms with Crippen LogP contribution in [0, 0.1) is 6.92 Å². The quantitative estimate of drug-likeness (QED) is 0.653. The molecule has 0 radical (unpaired) electrons. The third-order valence-electron chi connectivity index (χ3n) is 1.49. The van der Waals surface area contributed by atoms with E-state index < -0.39 is 10.2 Å². The Hall–Kier alpha value is -0.910. The topological polar surface area (TPSA) is 52.0 Å². The highest BCUT2D eigenvalue weighted by Crippen LogP contribution is 2.16. The average Bonchev–Trinajstić information content (AvgIpc) is 2.29. The Morgan fingerprint density at radius 2 is 2.25 bits per heavy atom. The first-order chi connectivity index (χ1) is 5.46. The van der Waals surface area contributed by atoms with Crippen LogP contribution in [0.3, 0.4) is 0 Å². The molecule has 12 heavy (non-hydrogen) atoms. The molecule has 0 aliphatic carbocycles. The highest BCUT2D eigenvalue weighted by Gasteiger charge is 2.20. The van der Waals surface area contributed by atoms with Crippen LogP contribution in [0.2, 0.25) is 0 Å². The van der Waals surface area contributed by atoms with E-state index >= 15 is 0 Å². The second-order valence-electron chi connectivity index (χ2n) is 2.39. The van der Waals surface area contributed by atoms with E-state index in [0.29, 0.717) is 12.1 Å². The van der Waals surface area contributed by atoms with Crippen molar-refractivity contribution in [2.45, 2.75) is 25.4 Å². The molecule has 68 valence electrons. The van der Waals surface area contributed by atoms with Crippen molar-refractivity contribution in [1.29, 1.82) is 0 Å². The predicted octanol–water partition coefficient (Wildman–Crippen LogP) is 0.870. The van der Waals surface area contributed by atoms with Crippen LogP contribution in [0.4, 0.5) is 3.89 Å². The van der Waals surface area contributed by atoms with E-state index in [9.17, 15) is 12.3 Å². The van der Waals surface area contributed by atoms with Gasteiger partial charge in [0.1, 0.15) is 0 Å². The van der Waals surface area contributed by atoms with Gasteiger partial charge in [-0.15, -0.1) is 0 Å². The first kappa shape index (κ1) is 9.18. The molecule has 6 heteroatoms. The van der Waals surface area contributed by atoms with Gasteiger partial charge in [0.05, 0.1) is 6.20 Å². The Labute approximate surface area is 70.2 Å². The van der Waals surface area contributed by atoms with Gasteiger partial charge in [-0.1, -0.05) is 3.89 Å². The smallest absolute Gasteiger partial charge is 0.252 e. The highest BCUT2D eigenvalue weighted by molar-refractivity contribution is 7.86. The summed E-state index contributed by atoms with van der Waals surface area (Å²) in [6.45, 7) is 3.54. The van der Waals surface area contributed by atoms with Crippen molar-refractivity contribution in [3.63, 3.8) is 0 Å². The van der Waals surface area contributed by atoms with Crippen LogP contribution in [0.1, 0.15) is 12.5 Å². The number of rotatable bonds is 2. The lowest BCUT2D eigenvalue weighted by molar-refractivity contribution is 0.519. The van der Waals surface area contributed by atoms with E-state index in [0.717, 1.165) is 4.68 Å². The zero-order chi connectivity index (χ0) is 9.35. The summed E-state index contributed by atoms with van der Waals surface area (Å²) in [5, 5.41) is 3.36. The van der Waals surface area contributed by atoms with Crippen molar-refractivity contribution in [3.8, 4) is 0 Å². The molecule has 0 aliphatic heterocycles. The second kappa shape index (κ2) is 2.85. The molecule has 0 N–H and O–H groups in total. The van der Waals surface area contributed by atoms with Crippen molar-refractivity contribution < 1.29 is 12.3 Å². The van der Waals surface area contributed by atoms with E-state index in [1.807, 2.05) is 0 Å². The summed E-state index contributed by atoms with van der Waals surface area (Å²) >= 11 is 0. The van der Waals surface area contributed by atoms with Crippen LogP contribution in [-0.2, 0) is 16.8 Å². The zero-order valence-electron chi connectivity index (χ0n) is 6.78. The van der Waals surface area contributed by atoms with Crippen LogP contribution >= 0.6 is 0 Å². The molecule has 1 aromatic heterocycles. The van der Waals surface area contributed by atoms with E-state index in [1.165, 1.54) is 13.1 Å². The van der Waals surface area contributed by atoms with Gasteiger partial charge in [-0.2, -0.15) is 13.5 Å². The number of nitrogens with zero attached hydrogens (tertiary/aromatic N) is 2. The molecule has 1 heterocycles. The molecule has 1 rings (SSSR count). The van der Waals surface area contributed by atoms with Gasteiger partial charge < -0.3 is 0 Å². The Kier molecular flexibility index (Phi) is 2.18. The molecule has 0 atom stereocenters. The number of aryl methyl sites for hydroxylation is 2. The lowest BCUT2D eigenvalue weighted by Gasteiger charge is -1.99. The standard InChI is InChI=1S/C6H9FN2O2S/c1-3-9-6(12(7,10)11)5(2)4-8-9/h4H,3H2,1-2H3. The Morgan fingerprint density at radius 3 is 2.58 bits per heavy atom. The normalized spacial score (nSPS) is 11.9. The molecule has 0 fully saturated rings. The minimum absolute atomic E-state index is 0.333. The van der Waals surface area contributed by atoms with Gasteiger partial charge in [0.15, 0.2) is 5.03 Å². The fourth-order valence-corrected chi connectivity index (χ4v) is 1.88. The molecule has 0 aliphatic rings. The molecule has 0 saturated carbocycles. The molecule has 0 saturated heterocycles. The Morgan fingerprint density at radius 1 is 1.67 bits per heavy atom. The highest BCUT2D eigenvalue weighted by atomic mass is 32.3. The lowest BCUT2D eigenvalue weighted by atomic mass is 10.4.